The second-order valence-corrected chi connectivity index (χ2v) is 4.92. The van der Waals surface area contributed by atoms with Crippen LogP contribution in [0.2, 0.25) is 0 Å². The van der Waals surface area contributed by atoms with Gasteiger partial charge in [0.05, 0.1) is 0 Å². The Morgan fingerprint density at radius 3 is 2.79 bits per heavy atom. The van der Waals surface area contributed by atoms with Crippen LogP contribution < -0.4 is 10.9 Å². The van der Waals surface area contributed by atoms with E-state index in [4.69, 9.17) is 5.11 Å². The van der Waals surface area contributed by atoms with E-state index in [1.165, 1.54) is 10.6 Å². The Morgan fingerprint density at radius 1 is 1.47 bits per heavy atom. The van der Waals surface area contributed by atoms with Crippen LogP contribution in [0.3, 0.4) is 0 Å². The lowest BCUT2D eigenvalue weighted by Gasteiger charge is -2.29. The maximum Gasteiger partial charge on any atom is 0.250 e. The van der Waals surface area contributed by atoms with Gasteiger partial charge in [0.1, 0.15) is 0 Å². The fraction of sp³-hybridized carbons (Fsp3) is 0.571. The van der Waals surface area contributed by atoms with Crippen LogP contribution in [-0.4, -0.2) is 27.7 Å². The van der Waals surface area contributed by atoms with Crippen molar-refractivity contribution in [3.63, 3.8) is 0 Å². The van der Waals surface area contributed by atoms with Crippen molar-refractivity contribution in [1.29, 1.82) is 0 Å². The molecule has 0 spiro atoms. The molecule has 1 unspecified atom stereocenters. The summed E-state index contributed by atoms with van der Waals surface area (Å²) >= 11 is 0. The van der Waals surface area contributed by atoms with Crippen LogP contribution in [0.1, 0.15) is 33.1 Å². The zero-order chi connectivity index (χ0) is 14.3. The van der Waals surface area contributed by atoms with Crippen molar-refractivity contribution in [1.82, 2.24) is 9.88 Å². The molecule has 1 heterocycles. The van der Waals surface area contributed by atoms with Gasteiger partial charge in [0.15, 0.2) is 0 Å². The highest BCUT2D eigenvalue weighted by Crippen LogP contribution is 2.13. The van der Waals surface area contributed by atoms with Crippen LogP contribution in [0.15, 0.2) is 29.2 Å². The normalized spacial score (nSPS) is 13.8. The molecule has 0 saturated heterocycles. The molecular weight excluding hydrogens is 244 g/mol. The van der Waals surface area contributed by atoms with Crippen molar-refractivity contribution in [2.75, 3.05) is 6.61 Å². The zero-order valence-electron chi connectivity index (χ0n) is 11.6. The third-order valence-electron chi connectivity index (χ3n) is 3.36. The Labute approximate surface area is 113 Å². The number of amides is 1. The largest absolute Gasteiger partial charge is 0.396 e. The van der Waals surface area contributed by atoms with Crippen molar-refractivity contribution in [3.8, 4) is 0 Å². The van der Waals surface area contributed by atoms with Crippen LogP contribution in [0.4, 0.5) is 0 Å². The molecule has 1 amide bonds. The number of carbonyl (C=O) groups is 1. The van der Waals surface area contributed by atoms with E-state index in [2.05, 4.69) is 5.32 Å². The highest BCUT2D eigenvalue weighted by atomic mass is 16.3. The van der Waals surface area contributed by atoms with E-state index in [-0.39, 0.29) is 30.0 Å². The van der Waals surface area contributed by atoms with Crippen LogP contribution in [-0.2, 0) is 11.3 Å². The van der Waals surface area contributed by atoms with E-state index in [1.54, 1.807) is 18.3 Å². The van der Waals surface area contributed by atoms with Crippen LogP contribution in [0.5, 0.6) is 0 Å². The van der Waals surface area contributed by atoms with Crippen molar-refractivity contribution in [3.05, 3.63) is 34.7 Å². The predicted octanol–water partition coefficient (Wildman–Crippen LogP) is 0.906. The lowest BCUT2D eigenvalue weighted by molar-refractivity contribution is -0.123. The Hall–Kier alpha value is -1.62. The fourth-order valence-electron chi connectivity index (χ4n) is 1.84. The summed E-state index contributed by atoms with van der Waals surface area (Å²) in [6, 6.07) is 4.91. The summed E-state index contributed by atoms with van der Waals surface area (Å²) in [4.78, 5) is 23.3. The van der Waals surface area contributed by atoms with Gasteiger partial charge in [-0.05, 0) is 25.8 Å². The first-order valence-electron chi connectivity index (χ1n) is 6.58. The zero-order valence-corrected chi connectivity index (χ0v) is 11.6. The molecule has 2 N–H and O–H groups in total. The third kappa shape index (κ3) is 4.87. The Bertz CT molecular complexity index is 470. The molecule has 0 radical (unpaired) electrons. The predicted molar refractivity (Wildman–Crippen MR) is 73.9 cm³/mol. The molecule has 0 aromatic carbocycles. The van der Waals surface area contributed by atoms with Gasteiger partial charge in [0.2, 0.25) is 5.91 Å². The highest BCUT2D eigenvalue weighted by molar-refractivity contribution is 5.76. The van der Waals surface area contributed by atoms with E-state index in [1.807, 2.05) is 13.8 Å². The molecule has 0 bridgehead atoms. The van der Waals surface area contributed by atoms with Crippen molar-refractivity contribution in [2.24, 2.45) is 0 Å². The van der Waals surface area contributed by atoms with E-state index in [0.717, 1.165) is 6.42 Å². The van der Waals surface area contributed by atoms with Crippen molar-refractivity contribution in [2.45, 2.75) is 45.2 Å². The number of aryl methyl sites for hydroxylation is 1. The number of hydrogen-bond donors (Lipinski definition) is 2. The summed E-state index contributed by atoms with van der Waals surface area (Å²) in [5, 5.41) is 11.9. The van der Waals surface area contributed by atoms with Gasteiger partial charge in [-0.15, -0.1) is 0 Å². The molecular formula is C14H22N2O3. The van der Waals surface area contributed by atoms with Crippen LogP contribution in [0, 0.1) is 0 Å². The monoisotopic (exact) mass is 266 g/mol. The van der Waals surface area contributed by atoms with Gasteiger partial charge in [-0.1, -0.05) is 13.0 Å². The number of pyridine rings is 1. The number of aromatic nitrogens is 1. The van der Waals surface area contributed by atoms with Crippen molar-refractivity contribution < 1.29 is 9.90 Å². The van der Waals surface area contributed by atoms with Crippen molar-refractivity contribution >= 4 is 5.91 Å². The molecule has 1 aromatic heterocycles. The van der Waals surface area contributed by atoms with Crippen LogP contribution in [0.25, 0.3) is 0 Å². The molecule has 0 aliphatic heterocycles. The first kappa shape index (κ1) is 15.4. The second-order valence-electron chi connectivity index (χ2n) is 4.92. The fourth-order valence-corrected chi connectivity index (χ4v) is 1.84. The molecule has 1 rings (SSSR count). The molecule has 0 fully saturated rings. The average molecular weight is 266 g/mol. The molecule has 106 valence electrons. The Morgan fingerprint density at radius 2 is 2.21 bits per heavy atom. The van der Waals surface area contributed by atoms with Gasteiger partial charge in [-0.2, -0.15) is 0 Å². The van der Waals surface area contributed by atoms with E-state index < -0.39 is 0 Å². The Kier molecular flexibility index (Phi) is 5.76. The van der Waals surface area contributed by atoms with Gasteiger partial charge >= 0.3 is 0 Å². The number of nitrogens with one attached hydrogen (secondary N) is 1. The lowest BCUT2D eigenvalue weighted by Crippen LogP contribution is -2.46. The minimum Gasteiger partial charge on any atom is -0.396 e. The smallest absolute Gasteiger partial charge is 0.250 e. The first-order valence-corrected chi connectivity index (χ1v) is 6.58. The second kappa shape index (κ2) is 7.09. The molecule has 0 aliphatic carbocycles. The minimum absolute atomic E-state index is 0.0444. The van der Waals surface area contributed by atoms with E-state index in [0.29, 0.717) is 13.0 Å². The van der Waals surface area contributed by atoms with Gasteiger partial charge in [-0.25, -0.2) is 0 Å². The number of carbonyl (C=O) groups excluding carboxylic acids is 1. The topological polar surface area (TPSA) is 71.3 Å². The van der Waals surface area contributed by atoms with E-state index >= 15 is 0 Å². The van der Waals surface area contributed by atoms with Gasteiger partial charge in [0, 0.05) is 37.4 Å². The third-order valence-corrected chi connectivity index (χ3v) is 3.36. The summed E-state index contributed by atoms with van der Waals surface area (Å²) in [5.74, 6) is -0.103. The Balaban J connectivity index is 2.52. The molecule has 19 heavy (non-hydrogen) atoms. The highest BCUT2D eigenvalue weighted by Gasteiger charge is 2.23. The first-order chi connectivity index (χ1) is 9.00. The van der Waals surface area contributed by atoms with E-state index in [9.17, 15) is 9.59 Å². The molecule has 1 aromatic rings. The molecule has 0 aliphatic rings. The molecule has 5 heteroatoms. The SMILES string of the molecule is CCC(C)(CCO)NC(=O)CCn1ccccc1=O. The number of rotatable bonds is 7. The number of aliphatic hydroxyl groups excluding tert-OH is 1. The average Bonchev–Trinajstić information content (AvgIpc) is 2.38. The van der Waals surface area contributed by atoms with Gasteiger partial charge < -0.3 is 15.0 Å². The maximum atomic E-state index is 11.9. The quantitative estimate of drug-likeness (QED) is 0.770. The summed E-state index contributed by atoms with van der Waals surface area (Å²) < 4.78 is 1.51. The maximum absolute atomic E-state index is 11.9. The molecule has 0 saturated carbocycles. The summed E-state index contributed by atoms with van der Waals surface area (Å²) in [6.07, 6.45) is 3.21. The van der Waals surface area contributed by atoms with Gasteiger partial charge in [-0.3, -0.25) is 9.59 Å². The number of aliphatic hydroxyl groups is 1. The molecule has 1 atom stereocenters. The summed E-state index contributed by atoms with van der Waals surface area (Å²) in [6.45, 7) is 4.29. The van der Waals surface area contributed by atoms with Crippen LogP contribution >= 0.6 is 0 Å². The van der Waals surface area contributed by atoms with Gasteiger partial charge in [0.25, 0.3) is 5.56 Å². The number of hydrogen-bond acceptors (Lipinski definition) is 3. The summed E-state index contributed by atoms with van der Waals surface area (Å²) in [7, 11) is 0. The minimum atomic E-state index is -0.381. The molecule has 5 nitrogen and oxygen atoms in total. The standard InChI is InChI=1S/C14H22N2O3/c1-3-14(2,8-11-17)15-12(18)7-10-16-9-5-4-6-13(16)19/h4-6,9,17H,3,7-8,10-11H2,1-2H3,(H,15,18). The lowest BCUT2D eigenvalue weighted by atomic mass is 9.95. The number of nitrogens with zero attached hydrogens (tertiary/aromatic N) is 1. The summed E-state index contributed by atoms with van der Waals surface area (Å²) in [5.41, 5.74) is -0.489.